The van der Waals surface area contributed by atoms with E-state index in [1.165, 1.54) is 0 Å². The van der Waals surface area contributed by atoms with E-state index in [2.05, 4.69) is 4.72 Å². The fourth-order valence-corrected chi connectivity index (χ4v) is 3.23. The van der Waals surface area contributed by atoms with Gasteiger partial charge >= 0.3 is 0 Å². The molecule has 1 atom stereocenters. The van der Waals surface area contributed by atoms with Crippen LogP contribution in [0.3, 0.4) is 0 Å². The molecule has 5 nitrogen and oxygen atoms in total. The van der Waals surface area contributed by atoms with Gasteiger partial charge in [-0.15, -0.1) is 0 Å². The number of nitrogens with one attached hydrogen (secondary N) is 1. The second kappa shape index (κ2) is 6.77. The number of rotatable bonds is 4. The van der Waals surface area contributed by atoms with E-state index in [1.54, 1.807) is 29.2 Å². The zero-order chi connectivity index (χ0) is 15.5. The number of sulfonamides is 1. The molecule has 0 saturated carbocycles. The van der Waals surface area contributed by atoms with E-state index in [4.69, 9.17) is 11.6 Å². The van der Waals surface area contributed by atoms with E-state index < -0.39 is 10.0 Å². The predicted octanol–water partition coefficient (Wildman–Crippen LogP) is 1.88. The molecule has 21 heavy (non-hydrogen) atoms. The summed E-state index contributed by atoms with van der Waals surface area (Å²) in [6, 6.07) is 6.80. The molecular formula is C14H19ClN2O3S. The lowest BCUT2D eigenvalue weighted by Crippen LogP contribution is -2.49. The highest BCUT2D eigenvalue weighted by Crippen LogP contribution is 2.23. The first kappa shape index (κ1) is 16.3. The number of carbonyl (C=O) groups is 1. The minimum Gasteiger partial charge on any atom is -0.334 e. The maximum absolute atomic E-state index is 12.6. The standard InChI is InChI=1S/C14H19ClN2O3S/c1-21(19,20)16-10-11-6-4-5-9-17(11)14(18)12-7-2-3-8-13(12)15/h2-3,7-8,11,16H,4-6,9-10H2,1H3/t11-/m0/s1. The Kier molecular flexibility index (Phi) is 5.24. The summed E-state index contributed by atoms with van der Waals surface area (Å²) in [5.41, 5.74) is 0.463. The van der Waals surface area contributed by atoms with E-state index in [0.29, 0.717) is 17.1 Å². The van der Waals surface area contributed by atoms with Crippen molar-refractivity contribution in [2.24, 2.45) is 0 Å². The molecule has 1 amide bonds. The van der Waals surface area contributed by atoms with Gasteiger partial charge in [0.15, 0.2) is 0 Å². The van der Waals surface area contributed by atoms with Gasteiger partial charge in [0, 0.05) is 19.1 Å². The SMILES string of the molecule is CS(=O)(=O)NC[C@@H]1CCCCN1C(=O)c1ccccc1Cl. The monoisotopic (exact) mass is 330 g/mol. The number of hydrogen-bond donors (Lipinski definition) is 1. The summed E-state index contributed by atoms with van der Waals surface area (Å²) in [5, 5.41) is 0.419. The molecule has 1 fully saturated rings. The van der Waals surface area contributed by atoms with E-state index in [9.17, 15) is 13.2 Å². The largest absolute Gasteiger partial charge is 0.334 e. The minimum absolute atomic E-state index is 0.128. The maximum atomic E-state index is 12.6. The Balaban J connectivity index is 2.15. The van der Waals surface area contributed by atoms with Gasteiger partial charge in [0.1, 0.15) is 0 Å². The van der Waals surface area contributed by atoms with Gasteiger partial charge in [-0.2, -0.15) is 0 Å². The molecule has 0 aliphatic carbocycles. The van der Waals surface area contributed by atoms with Crippen molar-refractivity contribution in [3.05, 3.63) is 34.9 Å². The van der Waals surface area contributed by atoms with E-state index in [-0.39, 0.29) is 18.5 Å². The number of amides is 1. The van der Waals surface area contributed by atoms with Crippen LogP contribution in [0.1, 0.15) is 29.6 Å². The van der Waals surface area contributed by atoms with Crippen molar-refractivity contribution in [1.82, 2.24) is 9.62 Å². The second-order valence-corrected chi connectivity index (χ2v) is 7.49. The average Bonchev–Trinajstić information content (AvgIpc) is 2.44. The molecule has 0 bridgehead atoms. The van der Waals surface area contributed by atoms with Gasteiger partial charge in [0.05, 0.1) is 16.8 Å². The van der Waals surface area contributed by atoms with Gasteiger partial charge in [-0.3, -0.25) is 4.79 Å². The molecule has 0 unspecified atom stereocenters. The Morgan fingerprint density at radius 2 is 2.10 bits per heavy atom. The number of carbonyl (C=O) groups excluding carboxylic acids is 1. The lowest BCUT2D eigenvalue weighted by Gasteiger charge is -2.36. The summed E-state index contributed by atoms with van der Waals surface area (Å²) in [5.74, 6) is -0.138. The van der Waals surface area contributed by atoms with Crippen molar-refractivity contribution >= 4 is 27.5 Å². The first-order valence-electron chi connectivity index (χ1n) is 6.88. The summed E-state index contributed by atoms with van der Waals surface area (Å²) in [7, 11) is -3.26. The molecule has 116 valence electrons. The number of likely N-dealkylation sites (tertiary alicyclic amines) is 1. The summed E-state index contributed by atoms with van der Waals surface area (Å²) in [6.45, 7) is 0.870. The van der Waals surface area contributed by atoms with Gasteiger partial charge in [0.2, 0.25) is 10.0 Å². The number of benzene rings is 1. The van der Waals surface area contributed by atoms with Crippen LogP contribution in [0, 0.1) is 0 Å². The second-order valence-electron chi connectivity index (χ2n) is 5.25. The molecule has 0 spiro atoms. The molecule has 1 saturated heterocycles. The third-order valence-electron chi connectivity index (χ3n) is 3.57. The van der Waals surface area contributed by atoms with Crippen LogP contribution in [0.5, 0.6) is 0 Å². The molecule has 1 heterocycles. The quantitative estimate of drug-likeness (QED) is 0.916. The Hall–Kier alpha value is -1.11. The Morgan fingerprint density at radius 1 is 1.38 bits per heavy atom. The normalized spacial score (nSPS) is 19.5. The van der Waals surface area contributed by atoms with Gasteiger partial charge in [-0.25, -0.2) is 13.1 Å². The lowest BCUT2D eigenvalue weighted by atomic mass is 10.0. The zero-order valence-electron chi connectivity index (χ0n) is 11.9. The molecule has 1 aromatic rings. The summed E-state index contributed by atoms with van der Waals surface area (Å²) >= 11 is 6.08. The van der Waals surface area contributed by atoms with Crippen molar-refractivity contribution in [2.75, 3.05) is 19.3 Å². The fraction of sp³-hybridized carbons (Fsp3) is 0.500. The highest BCUT2D eigenvalue weighted by molar-refractivity contribution is 7.88. The van der Waals surface area contributed by atoms with E-state index in [0.717, 1.165) is 25.5 Å². The van der Waals surface area contributed by atoms with Crippen LogP contribution in [-0.4, -0.2) is 44.6 Å². The van der Waals surface area contributed by atoms with Crippen molar-refractivity contribution in [1.29, 1.82) is 0 Å². The highest BCUT2D eigenvalue weighted by Gasteiger charge is 2.28. The van der Waals surface area contributed by atoms with Crippen LogP contribution >= 0.6 is 11.6 Å². The number of halogens is 1. The van der Waals surface area contributed by atoms with Crippen LogP contribution < -0.4 is 4.72 Å². The molecule has 0 radical (unpaired) electrons. The molecule has 1 aromatic carbocycles. The van der Waals surface area contributed by atoms with E-state index >= 15 is 0 Å². The fourth-order valence-electron chi connectivity index (χ4n) is 2.52. The van der Waals surface area contributed by atoms with Crippen molar-refractivity contribution in [3.8, 4) is 0 Å². The van der Waals surface area contributed by atoms with Crippen LogP contribution in [0.2, 0.25) is 5.02 Å². The first-order chi connectivity index (χ1) is 9.88. The maximum Gasteiger partial charge on any atom is 0.255 e. The Bertz CT molecular complexity index is 618. The summed E-state index contributed by atoms with van der Waals surface area (Å²) in [6.07, 6.45) is 3.82. The Morgan fingerprint density at radius 3 is 2.76 bits per heavy atom. The van der Waals surface area contributed by atoms with Crippen molar-refractivity contribution < 1.29 is 13.2 Å². The van der Waals surface area contributed by atoms with Crippen LogP contribution in [0.25, 0.3) is 0 Å². The van der Waals surface area contributed by atoms with Gasteiger partial charge in [-0.05, 0) is 31.4 Å². The topological polar surface area (TPSA) is 66.5 Å². The molecule has 1 aliphatic rings. The lowest BCUT2D eigenvalue weighted by molar-refractivity contribution is 0.0619. The molecular weight excluding hydrogens is 312 g/mol. The van der Waals surface area contributed by atoms with Crippen LogP contribution in [-0.2, 0) is 10.0 Å². The molecule has 1 aliphatic heterocycles. The first-order valence-corrected chi connectivity index (χ1v) is 9.15. The van der Waals surface area contributed by atoms with Crippen LogP contribution in [0.4, 0.5) is 0 Å². The van der Waals surface area contributed by atoms with Gasteiger partial charge in [0.25, 0.3) is 5.91 Å². The average molecular weight is 331 g/mol. The Labute approximate surface area is 130 Å². The van der Waals surface area contributed by atoms with Gasteiger partial charge in [-0.1, -0.05) is 23.7 Å². The third-order valence-corrected chi connectivity index (χ3v) is 4.59. The minimum atomic E-state index is -3.26. The summed E-state index contributed by atoms with van der Waals surface area (Å²) in [4.78, 5) is 14.3. The number of hydrogen-bond acceptors (Lipinski definition) is 3. The van der Waals surface area contributed by atoms with Crippen molar-refractivity contribution in [2.45, 2.75) is 25.3 Å². The predicted molar refractivity (Wildman–Crippen MR) is 83.0 cm³/mol. The number of nitrogens with zero attached hydrogens (tertiary/aromatic N) is 1. The molecule has 2 rings (SSSR count). The molecule has 1 N–H and O–H groups in total. The molecule has 0 aromatic heterocycles. The van der Waals surface area contributed by atoms with Gasteiger partial charge < -0.3 is 4.90 Å². The zero-order valence-corrected chi connectivity index (χ0v) is 13.5. The van der Waals surface area contributed by atoms with Crippen LogP contribution in [0.15, 0.2) is 24.3 Å². The highest BCUT2D eigenvalue weighted by atomic mass is 35.5. The smallest absolute Gasteiger partial charge is 0.255 e. The third kappa shape index (κ3) is 4.43. The molecule has 7 heteroatoms. The number of piperidine rings is 1. The summed E-state index contributed by atoms with van der Waals surface area (Å²) < 4.78 is 25.0. The van der Waals surface area contributed by atoms with Crippen molar-refractivity contribution in [3.63, 3.8) is 0 Å². The van der Waals surface area contributed by atoms with E-state index in [1.807, 2.05) is 0 Å².